The van der Waals surface area contributed by atoms with Crippen LogP contribution < -0.4 is 5.32 Å². The zero-order chi connectivity index (χ0) is 12.1. The van der Waals surface area contributed by atoms with E-state index < -0.39 is 0 Å². The van der Waals surface area contributed by atoms with Crippen molar-refractivity contribution in [1.82, 2.24) is 15.1 Å². The van der Waals surface area contributed by atoms with Crippen LogP contribution in [0.4, 0.5) is 0 Å². The highest BCUT2D eigenvalue weighted by molar-refractivity contribution is 5.79. The first-order valence-electron chi connectivity index (χ1n) is 6.06. The zero-order valence-electron chi connectivity index (χ0n) is 10.2. The number of nitrogens with zero attached hydrogens (tertiary/aromatic N) is 2. The average Bonchev–Trinajstić information content (AvgIpc) is 2.74. The van der Waals surface area contributed by atoms with Crippen LogP contribution in [0.3, 0.4) is 0 Å². The van der Waals surface area contributed by atoms with E-state index in [1.54, 1.807) is 6.20 Å². The summed E-state index contributed by atoms with van der Waals surface area (Å²) in [6.07, 6.45) is 3.66. The summed E-state index contributed by atoms with van der Waals surface area (Å²) in [7, 11) is 1.90. The van der Waals surface area contributed by atoms with E-state index in [0.717, 1.165) is 25.2 Å². The van der Waals surface area contributed by atoms with Crippen LogP contribution in [0.15, 0.2) is 12.3 Å². The standard InChI is InChI=1S/C12H19N3O2/c1-15-10(4-5-14-15)2-3-11(16)8-12-9-13-6-7-17-12/h4-5,12-13H,2-3,6-9H2,1H3. The number of rotatable bonds is 5. The number of aromatic nitrogens is 2. The largest absolute Gasteiger partial charge is 0.375 e. The molecule has 1 saturated heterocycles. The Labute approximate surface area is 101 Å². The Bertz CT molecular complexity index is 370. The van der Waals surface area contributed by atoms with E-state index in [1.165, 1.54) is 0 Å². The van der Waals surface area contributed by atoms with E-state index >= 15 is 0 Å². The van der Waals surface area contributed by atoms with E-state index in [9.17, 15) is 4.79 Å². The molecule has 0 saturated carbocycles. The van der Waals surface area contributed by atoms with Gasteiger partial charge in [-0.15, -0.1) is 0 Å². The van der Waals surface area contributed by atoms with Gasteiger partial charge in [0, 0.05) is 44.9 Å². The van der Waals surface area contributed by atoms with Gasteiger partial charge in [0.1, 0.15) is 5.78 Å². The molecule has 0 radical (unpaired) electrons. The molecule has 1 unspecified atom stereocenters. The molecule has 5 heteroatoms. The topological polar surface area (TPSA) is 56.2 Å². The maximum absolute atomic E-state index is 11.8. The maximum atomic E-state index is 11.8. The molecule has 0 spiro atoms. The summed E-state index contributed by atoms with van der Waals surface area (Å²) in [5.41, 5.74) is 1.10. The fourth-order valence-corrected chi connectivity index (χ4v) is 2.02. The predicted octanol–water partition coefficient (Wildman–Crippen LogP) is 0.300. The molecule has 1 aromatic rings. The molecule has 94 valence electrons. The quantitative estimate of drug-likeness (QED) is 0.800. The number of ether oxygens (including phenoxy) is 1. The lowest BCUT2D eigenvalue weighted by Crippen LogP contribution is -2.39. The first-order chi connectivity index (χ1) is 8.25. The number of carbonyl (C=O) groups is 1. The second-order valence-corrected chi connectivity index (χ2v) is 4.39. The Kier molecular flexibility index (Phi) is 4.28. The van der Waals surface area contributed by atoms with Gasteiger partial charge in [0.15, 0.2) is 0 Å². The molecule has 0 bridgehead atoms. The number of ketones is 1. The van der Waals surface area contributed by atoms with Gasteiger partial charge >= 0.3 is 0 Å². The molecule has 1 aromatic heterocycles. The van der Waals surface area contributed by atoms with E-state index in [-0.39, 0.29) is 11.9 Å². The number of carbonyl (C=O) groups excluding carboxylic acids is 1. The Morgan fingerprint density at radius 2 is 2.59 bits per heavy atom. The third-order valence-corrected chi connectivity index (χ3v) is 3.04. The number of nitrogens with one attached hydrogen (secondary N) is 1. The van der Waals surface area contributed by atoms with Crippen LogP contribution in [0.1, 0.15) is 18.5 Å². The lowest BCUT2D eigenvalue weighted by molar-refractivity contribution is -0.122. The fraction of sp³-hybridized carbons (Fsp3) is 0.667. The fourth-order valence-electron chi connectivity index (χ4n) is 2.02. The molecule has 0 amide bonds. The van der Waals surface area contributed by atoms with Crippen LogP contribution in [-0.4, -0.2) is 41.4 Å². The van der Waals surface area contributed by atoms with E-state index in [0.29, 0.717) is 19.4 Å². The summed E-state index contributed by atoms with van der Waals surface area (Å²) in [5, 5.41) is 7.31. The molecule has 1 N–H and O–H groups in total. The van der Waals surface area contributed by atoms with Crippen molar-refractivity contribution in [2.24, 2.45) is 7.05 Å². The van der Waals surface area contributed by atoms with Crippen molar-refractivity contribution < 1.29 is 9.53 Å². The Hall–Kier alpha value is -1.20. The van der Waals surface area contributed by atoms with Gasteiger partial charge in [0.2, 0.25) is 0 Å². The minimum Gasteiger partial charge on any atom is -0.375 e. The molecule has 0 aliphatic carbocycles. The van der Waals surface area contributed by atoms with Gasteiger partial charge in [0.05, 0.1) is 12.7 Å². The first kappa shape index (κ1) is 12.3. The molecule has 1 fully saturated rings. The number of aryl methyl sites for hydroxylation is 2. The molecule has 1 aliphatic heterocycles. The van der Waals surface area contributed by atoms with Crippen molar-refractivity contribution in [3.8, 4) is 0 Å². The van der Waals surface area contributed by atoms with Crippen LogP contribution in [0.2, 0.25) is 0 Å². The molecule has 2 rings (SSSR count). The minimum absolute atomic E-state index is 0.0581. The highest BCUT2D eigenvalue weighted by atomic mass is 16.5. The molecule has 17 heavy (non-hydrogen) atoms. The summed E-state index contributed by atoms with van der Waals surface area (Å²) in [6, 6.07) is 1.95. The zero-order valence-corrected chi connectivity index (χ0v) is 10.2. The van der Waals surface area contributed by atoms with Crippen LogP contribution in [0, 0.1) is 0 Å². The van der Waals surface area contributed by atoms with Gasteiger partial charge in [0.25, 0.3) is 0 Å². The van der Waals surface area contributed by atoms with Gasteiger partial charge < -0.3 is 10.1 Å². The van der Waals surface area contributed by atoms with Crippen LogP contribution in [0.5, 0.6) is 0 Å². The van der Waals surface area contributed by atoms with Crippen LogP contribution >= 0.6 is 0 Å². The number of hydrogen-bond donors (Lipinski definition) is 1. The maximum Gasteiger partial charge on any atom is 0.135 e. The van der Waals surface area contributed by atoms with Crippen molar-refractivity contribution >= 4 is 5.78 Å². The SMILES string of the molecule is Cn1nccc1CCC(=O)CC1CNCCO1. The van der Waals surface area contributed by atoms with E-state index in [1.807, 2.05) is 17.8 Å². The lowest BCUT2D eigenvalue weighted by atomic mass is 10.1. The Morgan fingerprint density at radius 1 is 1.71 bits per heavy atom. The normalized spacial score (nSPS) is 20.4. The van der Waals surface area contributed by atoms with Crippen molar-refractivity contribution in [1.29, 1.82) is 0 Å². The number of hydrogen-bond acceptors (Lipinski definition) is 4. The molecular weight excluding hydrogens is 218 g/mol. The van der Waals surface area contributed by atoms with E-state index in [2.05, 4.69) is 10.4 Å². The van der Waals surface area contributed by atoms with Crippen molar-refractivity contribution in [2.75, 3.05) is 19.7 Å². The van der Waals surface area contributed by atoms with Gasteiger partial charge in [-0.3, -0.25) is 9.48 Å². The highest BCUT2D eigenvalue weighted by Gasteiger charge is 2.17. The third-order valence-electron chi connectivity index (χ3n) is 3.04. The predicted molar refractivity (Wildman–Crippen MR) is 63.8 cm³/mol. The lowest BCUT2D eigenvalue weighted by Gasteiger charge is -2.22. The Morgan fingerprint density at radius 3 is 3.24 bits per heavy atom. The van der Waals surface area contributed by atoms with Gasteiger partial charge in [-0.05, 0) is 12.5 Å². The smallest absolute Gasteiger partial charge is 0.135 e. The molecule has 1 atom stereocenters. The summed E-state index contributed by atoms with van der Waals surface area (Å²) in [4.78, 5) is 11.8. The molecule has 5 nitrogen and oxygen atoms in total. The average molecular weight is 237 g/mol. The third kappa shape index (κ3) is 3.64. The second-order valence-electron chi connectivity index (χ2n) is 4.39. The van der Waals surface area contributed by atoms with Gasteiger partial charge in [-0.1, -0.05) is 0 Å². The minimum atomic E-state index is 0.0581. The molecule has 1 aliphatic rings. The summed E-state index contributed by atoms with van der Waals surface area (Å²) in [6.45, 7) is 2.39. The van der Waals surface area contributed by atoms with Crippen LogP contribution in [-0.2, 0) is 23.0 Å². The van der Waals surface area contributed by atoms with Crippen molar-refractivity contribution in [3.05, 3.63) is 18.0 Å². The van der Waals surface area contributed by atoms with E-state index in [4.69, 9.17) is 4.74 Å². The summed E-state index contributed by atoms with van der Waals surface area (Å²) < 4.78 is 7.32. The molecular formula is C12H19N3O2. The first-order valence-corrected chi connectivity index (χ1v) is 6.06. The summed E-state index contributed by atoms with van der Waals surface area (Å²) in [5.74, 6) is 0.264. The number of morpholine rings is 1. The monoisotopic (exact) mass is 237 g/mol. The van der Waals surface area contributed by atoms with Crippen molar-refractivity contribution in [3.63, 3.8) is 0 Å². The molecule has 0 aromatic carbocycles. The van der Waals surface area contributed by atoms with Crippen molar-refractivity contribution in [2.45, 2.75) is 25.4 Å². The highest BCUT2D eigenvalue weighted by Crippen LogP contribution is 2.07. The number of Topliss-reactive ketones (excluding diaryl/α,β-unsaturated/α-hetero) is 1. The summed E-state index contributed by atoms with van der Waals surface area (Å²) >= 11 is 0. The van der Waals surface area contributed by atoms with Gasteiger partial charge in [-0.2, -0.15) is 5.10 Å². The van der Waals surface area contributed by atoms with Gasteiger partial charge in [-0.25, -0.2) is 0 Å². The second kappa shape index (κ2) is 5.93. The molecule has 2 heterocycles. The van der Waals surface area contributed by atoms with Crippen LogP contribution in [0.25, 0.3) is 0 Å². The Balaban J connectivity index is 1.72.